The minimum absolute atomic E-state index is 0.0499. The fourth-order valence-corrected chi connectivity index (χ4v) is 3.10. The molecule has 27 heavy (non-hydrogen) atoms. The van der Waals surface area contributed by atoms with Crippen LogP contribution in [0.1, 0.15) is 28.6 Å². The van der Waals surface area contributed by atoms with E-state index in [2.05, 4.69) is 15.1 Å². The second kappa shape index (κ2) is 7.75. The minimum atomic E-state index is -1.13. The van der Waals surface area contributed by atoms with Crippen LogP contribution in [0.15, 0.2) is 35.5 Å². The summed E-state index contributed by atoms with van der Waals surface area (Å²) in [5.74, 6) is -0.816. The summed E-state index contributed by atoms with van der Waals surface area (Å²) in [7, 11) is 0. The van der Waals surface area contributed by atoms with Gasteiger partial charge >= 0.3 is 5.97 Å². The molecule has 2 aromatic heterocycles. The van der Waals surface area contributed by atoms with Crippen LogP contribution in [0.5, 0.6) is 0 Å². The van der Waals surface area contributed by atoms with Gasteiger partial charge in [-0.05, 0) is 20.1 Å². The Kier molecular flexibility index (Phi) is 5.41. The van der Waals surface area contributed by atoms with E-state index < -0.39 is 18.0 Å². The Labute approximate surface area is 160 Å². The minimum Gasteiger partial charge on any atom is -0.447 e. The molecule has 1 unspecified atom stereocenters. The van der Waals surface area contributed by atoms with Crippen LogP contribution in [0.25, 0.3) is 5.78 Å². The Morgan fingerprint density at radius 2 is 1.93 bits per heavy atom. The number of carbonyl (C=O) groups is 2. The number of amides is 1. The summed E-state index contributed by atoms with van der Waals surface area (Å²) < 4.78 is 6.96. The number of benzene rings is 1. The van der Waals surface area contributed by atoms with E-state index >= 15 is 0 Å². The zero-order valence-corrected chi connectivity index (χ0v) is 16.0. The van der Waals surface area contributed by atoms with Gasteiger partial charge in [-0.1, -0.05) is 42.1 Å². The molecule has 0 saturated heterocycles. The molecular formula is C18H19N5O3S. The summed E-state index contributed by atoms with van der Waals surface area (Å²) in [6.45, 7) is 3.64. The van der Waals surface area contributed by atoms with Crippen molar-refractivity contribution in [2.45, 2.75) is 31.5 Å². The second-order valence-electron chi connectivity index (χ2n) is 5.93. The third-order valence-electron chi connectivity index (χ3n) is 4.14. The first kappa shape index (κ1) is 18.8. The average Bonchev–Trinajstić information content (AvgIpc) is 3.07. The summed E-state index contributed by atoms with van der Waals surface area (Å²) in [6.07, 6.45) is 0.694. The molecule has 0 aliphatic carbocycles. The van der Waals surface area contributed by atoms with Gasteiger partial charge in [-0.15, -0.1) is 5.10 Å². The summed E-state index contributed by atoms with van der Waals surface area (Å²) in [5, 5.41) is 4.96. The fraction of sp³-hybridized carbons (Fsp3) is 0.278. The van der Waals surface area contributed by atoms with E-state index in [0.717, 1.165) is 5.69 Å². The van der Waals surface area contributed by atoms with Gasteiger partial charge < -0.3 is 10.5 Å². The van der Waals surface area contributed by atoms with E-state index in [1.807, 2.05) is 13.2 Å². The molecule has 0 fully saturated rings. The van der Waals surface area contributed by atoms with Crippen LogP contribution < -0.4 is 5.73 Å². The summed E-state index contributed by atoms with van der Waals surface area (Å²) >= 11 is 1.41. The molecule has 9 heteroatoms. The molecule has 1 aromatic carbocycles. The molecule has 0 aliphatic rings. The number of thioether (sulfide) groups is 1. The highest BCUT2D eigenvalue weighted by Crippen LogP contribution is 2.20. The lowest BCUT2D eigenvalue weighted by Gasteiger charge is -2.16. The Hall–Kier alpha value is -2.94. The standard InChI is InChI=1S/C18H19N5O3S/c1-10-13(11(2)23-17(20-10)21-18(22-23)27-3)9-14(24)26-15(16(19)25)12-7-5-4-6-8-12/h4-8,15H,9H2,1-3H3,(H2,19,25). The van der Waals surface area contributed by atoms with Crippen LogP contribution in [-0.2, 0) is 20.7 Å². The van der Waals surface area contributed by atoms with E-state index in [1.54, 1.807) is 41.8 Å². The average molecular weight is 385 g/mol. The van der Waals surface area contributed by atoms with Crippen molar-refractivity contribution in [3.8, 4) is 0 Å². The maximum absolute atomic E-state index is 12.5. The first-order valence-corrected chi connectivity index (χ1v) is 9.43. The van der Waals surface area contributed by atoms with E-state index in [9.17, 15) is 9.59 Å². The molecule has 0 radical (unpaired) electrons. The van der Waals surface area contributed by atoms with Crippen LogP contribution in [0, 0.1) is 13.8 Å². The van der Waals surface area contributed by atoms with Gasteiger partial charge in [0.25, 0.3) is 11.7 Å². The molecule has 2 N–H and O–H groups in total. The van der Waals surface area contributed by atoms with Crippen molar-refractivity contribution in [2.24, 2.45) is 5.73 Å². The second-order valence-corrected chi connectivity index (χ2v) is 6.70. The normalized spacial score (nSPS) is 12.1. The summed E-state index contributed by atoms with van der Waals surface area (Å²) in [5.41, 5.74) is 8.03. The van der Waals surface area contributed by atoms with Gasteiger partial charge in [-0.3, -0.25) is 9.59 Å². The van der Waals surface area contributed by atoms with E-state index in [1.165, 1.54) is 11.8 Å². The quantitative estimate of drug-likeness (QED) is 0.508. The predicted molar refractivity (Wildman–Crippen MR) is 100 cm³/mol. The van der Waals surface area contributed by atoms with E-state index in [-0.39, 0.29) is 6.42 Å². The molecule has 3 aromatic rings. The number of ether oxygens (including phenoxy) is 1. The van der Waals surface area contributed by atoms with Crippen LogP contribution in [0.2, 0.25) is 0 Å². The number of rotatable bonds is 6. The number of nitrogens with zero attached hydrogens (tertiary/aromatic N) is 4. The van der Waals surface area contributed by atoms with Crippen molar-refractivity contribution in [2.75, 3.05) is 6.26 Å². The Morgan fingerprint density at radius 3 is 2.56 bits per heavy atom. The van der Waals surface area contributed by atoms with Gasteiger partial charge in [0.1, 0.15) is 0 Å². The number of fused-ring (bicyclic) bond motifs is 1. The molecule has 1 amide bonds. The number of primary amides is 1. The molecule has 0 spiro atoms. The highest BCUT2D eigenvalue weighted by atomic mass is 32.2. The van der Waals surface area contributed by atoms with Crippen molar-refractivity contribution in [1.29, 1.82) is 0 Å². The highest BCUT2D eigenvalue weighted by Gasteiger charge is 2.24. The first-order valence-electron chi connectivity index (χ1n) is 8.21. The lowest BCUT2D eigenvalue weighted by atomic mass is 10.1. The number of aromatic nitrogens is 4. The Balaban J connectivity index is 1.86. The van der Waals surface area contributed by atoms with Gasteiger partial charge in [0.2, 0.25) is 11.3 Å². The Bertz CT molecular complexity index is 1000. The van der Waals surface area contributed by atoms with Crippen molar-refractivity contribution in [3.63, 3.8) is 0 Å². The number of hydrogen-bond donors (Lipinski definition) is 1. The maximum Gasteiger partial charge on any atom is 0.311 e. The molecule has 8 nitrogen and oxygen atoms in total. The maximum atomic E-state index is 12.5. The highest BCUT2D eigenvalue weighted by molar-refractivity contribution is 7.98. The lowest BCUT2D eigenvalue weighted by Crippen LogP contribution is -2.27. The number of nitrogens with two attached hydrogens (primary N) is 1. The molecule has 3 rings (SSSR count). The predicted octanol–water partition coefficient (Wildman–Crippen LogP) is 1.78. The smallest absolute Gasteiger partial charge is 0.311 e. The van der Waals surface area contributed by atoms with Crippen LogP contribution in [0.4, 0.5) is 0 Å². The van der Waals surface area contributed by atoms with Gasteiger partial charge in [-0.2, -0.15) is 4.98 Å². The molecule has 1 atom stereocenters. The van der Waals surface area contributed by atoms with Crippen molar-refractivity contribution in [1.82, 2.24) is 19.6 Å². The van der Waals surface area contributed by atoms with Crippen LogP contribution in [-0.4, -0.2) is 37.7 Å². The topological polar surface area (TPSA) is 112 Å². The van der Waals surface area contributed by atoms with E-state index in [4.69, 9.17) is 10.5 Å². The molecule has 0 bridgehead atoms. The third-order valence-corrected chi connectivity index (χ3v) is 4.68. The SMILES string of the molecule is CSc1nc2nc(C)c(CC(=O)OC(C(N)=O)c3ccccc3)c(C)n2n1. The van der Waals surface area contributed by atoms with Gasteiger partial charge in [0.05, 0.1) is 6.42 Å². The van der Waals surface area contributed by atoms with Gasteiger partial charge in [-0.25, -0.2) is 9.50 Å². The zero-order chi connectivity index (χ0) is 19.6. The largest absolute Gasteiger partial charge is 0.447 e. The van der Waals surface area contributed by atoms with Gasteiger partial charge in [0.15, 0.2) is 0 Å². The van der Waals surface area contributed by atoms with Crippen LogP contribution >= 0.6 is 11.8 Å². The Morgan fingerprint density at radius 1 is 1.22 bits per heavy atom. The number of esters is 1. The molecule has 0 saturated carbocycles. The lowest BCUT2D eigenvalue weighted by molar-refractivity contribution is -0.154. The van der Waals surface area contributed by atoms with E-state index in [0.29, 0.717) is 27.8 Å². The van der Waals surface area contributed by atoms with Gasteiger partial charge in [0, 0.05) is 22.5 Å². The zero-order valence-electron chi connectivity index (χ0n) is 15.2. The molecule has 2 heterocycles. The molecular weight excluding hydrogens is 366 g/mol. The number of hydrogen-bond acceptors (Lipinski definition) is 7. The summed E-state index contributed by atoms with van der Waals surface area (Å²) in [4.78, 5) is 33.0. The van der Waals surface area contributed by atoms with Crippen molar-refractivity contribution >= 4 is 29.4 Å². The monoisotopic (exact) mass is 385 g/mol. The third kappa shape index (κ3) is 3.92. The molecule has 0 aliphatic heterocycles. The molecule has 140 valence electrons. The first-order chi connectivity index (χ1) is 12.9. The van der Waals surface area contributed by atoms with Crippen molar-refractivity contribution in [3.05, 3.63) is 52.8 Å². The fourth-order valence-electron chi connectivity index (χ4n) is 2.77. The van der Waals surface area contributed by atoms with Crippen LogP contribution in [0.3, 0.4) is 0 Å². The number of carbonyl (C=O) groups excluding carboxylic acids is 2. The van der Waals surface area contributed by atoms with Crippen molar-refractivity contribution < 1.29 is 14.3 Å². The number of aryl methyl sites for hydroxylation is 2. The summed E-state index contributed by atoms with van der Waals surface area (Å²) in [6, 6.07) is 8.68.